The van der Waals surface area contributed by atoms with Crippen molar-refractivity contribution in [3.63, 3.8) is 0 Å². The summed E-state index contributed by atoms with van der Waals surface area (Å²) in [5.41, 5.74) is 0. The molecule has 0 saturated carbocycles. The van der Waals surface area contributed by atoms with Crippen LogP contribution in [0.15, 0.2) is 72.9 Å². The second-order valence-corrected chi connectivity index (χ2v) is 21.0. The molecule has 0 radical (unpaired) electrons. The van der Waals surface area contributed by atoms with E-state index in [0.29, 0.717) is 19.3 Å². The van der Waals surface area contributed by atoms with Crippen LogP contribution in [0.5, 0.6) is 0 Å². The first kappa shape index (κ1) is 69.8. The van der Waals surface area contributed by atoms with E-state index in [1.807, 2.05) is 0 Å². The zero-order valence-corrected chi connectivity index (χ0v) is 48.4. The average Bonchev–Trinajstić information content (AvgIpc) is 3.39. The predicted octanol–water partition coefficient (Wildman–Crippen LogP) is 21.3. The molecule has 0 N–H and O–H groups in total. The van der Waals surface area contributed by atoms with Gasteiger partial charge in [0.1, 0.15) is 13.2 Å². The third kappa shape index (κ3) is 59.6. The van der Waals surface area contributed by atoms with Crippen molar-refractivity contribution >= 4 is 17.9 Å². The van der Waals surface area contributed by atoms with Gasteiger partial charge in [0, 0.05) is 19.3 Å². The normalized spacial score (nSPS) is 12.5. The van der Waals surface area contributed by atoms with E-state index in [2.05, 4.69) is 93.7 Å². The largest absolute Gasteiger partial charge is 0.462 e. The molecule has 0 heterocycles. The summed E-state index contributed by atoms with van der Waals surface area (Å²) in [6, 6.07) is 0. The highest BCUT2D eigenvalue weighted by atomic mass is 16.6. The highest BCUT2D eigenvalue weighted by molar-refractivity contribution is 5.71. The lowest BCUT2D eigenvalue weighted by atomic mass is 10.1. The summed E-state index contributed by atoms with van der Waals surface area (Å²) < 4.78 is 16.9. The zero-order chi connectivity index (χ0) is 52.9. The van der Waals surface area contributed by atoms with Gasteiger partial charge in [0.15, 0.2) is 6.10 Å². The third-order valence-corrected chi connectivity index (χ3v) is 13.7. The smallest absolute Gasteiger partial charge is 0.306 e. The van der Waals surface area contributed by atoms with Crippen molar-refractivity contribution in [3.05, 3.63) is 72.9 Å². The minimum atomic E-state index is -0.803. The monoisotopic (exact) mass is 1020 g/mol. The minimum absolute atomic E-state index is 0.0952. The Balaban J connectivity index is 4.45. The molecule has 422 valence electrons. The Bertz CT molecular complexity index is 1360. The maximum Gasteiger partial charge on any atom is 0.306 e. The molecule has 0 aromatic heterocycles. The molecule has 0 saturated heterocycles. The highest BCUT2D eigenvalue weighted by Gasteiger charge is 2.19. The molecular formula is C67H118O6. The number of esters is 3. The van der Waals surface area contributed by atoms with Crippen LogP contribution in [0.25, 0.3) is 0 Å². The van der Waals surface area contributed by atoms with Gasteiger partial charge in [-0.2, -0.15) is 0 Å². The molecule has 0 rings (SSSR count). The van der Waals surface area contributed by atoms with Gasteiger partial charge in [-0.25, -0.2) is 0 Å². The van der Waals surface area contributed by atoms with Crippen LogP contribution in [0.3, 0.4) is 0 Å². The summed E-state index contributed by atoms with van der Waals surface area (Å²) in [4.78, 5) is 38.3. The fourth-order valence-electron chi connectivity index (χ4n) is 8.90. The summed E-state index contributed by atoms with van der Waals surface area (Å²) in [5, 5.41) is 0. The summed E-state index contributed by atoms with van der Waals surface area (Å²) in [7, 11) is 0. The third-order valence-electron chi connectivity index (χ3n) is 13.7. The first-order valence-electron chi connectivity index (χ1n) is 31.4. The van der Waals surface area contributed by atoms with E-state index in [1.165, 1.54) is 205 Å². The van der Waals surface area contributed by atoms with Crippen molar-refractivity contribution in [1.29, 1.82) is 0 Å². The van der Waals surface area contributed by atoms with Crippen LogP contribution in [0.4, 0.5) is 0 Å². The number of unbranched alkanes of at least 4 members (excludes halogenated alkanes) is 34. The fraction of sp³-hybridized carbons (Fsp3) is 0.776. The van der Waals surface area contributed by atoms with Gasteiger partial charge in [0.05, 0.1) is 0 Å². The van der Waals surface area contributed by atoms with Gasteiger partial charge in [0.25, 0.3) is 0 Å². The van der Waals surface area contributed by atoms with Crippen LogP contribution in [0.1, 0.15) is 316 Å². The number of hydrogen-bond acceptors (Lipinski definition) is 6. The van der Waals surface area contributed by atoms with E-state index >= 15 is 0 Å². The van der Waals surface area contributed by atoms with E-state index in [9.17, 15) is 14.4 Å². The molecule has 1 unspecified atom stereocenters. The van der Waals surface area contributed by atoms with Crippen LogP contribution in [-0.4, -0.2) is 37.2 Å². The van der Waals surface area contributed by atoms with Crippen molar-refractivity contribution < 1.29 is 28.6 Å². The molecule has 0 aliphatic heterocycles. The van der Waals surface area contributed by atoms with Gasteiger partial charge in [-0.3, -0.25) is 14.4 Å². The second-order valence-electron chi connectivity index (χ2n) is 21.0. The van der Waals surface area contributed by atoms with Gasteiger partial charge in [0.2, 0.25) is 0 Å². The van der Waals surface area contributed by atoms with Crippen molar-refractivity contribution in [3.8, 4) is 0 Å². The zero-order valence-electron chi connectivity index (χ0n) is 48.4. The Labute approximate surface area is 453 Å². The molecule has 0 aliphatic rings. The van der Waals surface area contributed by atoms with E-state index < -0.39 is 6.10 Å². The summed E-state index contributed by atoms with van der Waals surface area (Å²) in [6.45, 7) is 6.59. The minimum Gasteiger partial charge on any atom is -0.462 e. The van der Waals surface area contributed by atoms with Crippen LogP contribution in [0, 0.1) is 0 Å². The molecule has 0 amide bonds. The van der Waals surface area contributed by atoms with Gasteiger partial charge in [-0.1, -0.05) is 261 Å². The second kappa shape index (κ2) is 61.4. The molecule has 73 heavy (non-hydrogen) atoms. The molecule has 0 aliphatic carbocycles. The lowest BCUT2D eigenvalue weighted by Gasteiger charge is -2.18. The molecular weight excluding hydrogens is 901 g/mol. The van der Waals surface area contributed by atoms with Crippen molar-refractivity contribution in [1.82, 2.24) is 0 Å². The highest BCUT2D eigenvalue weighted by Crippen LogP contribution is 2.16. The SMILES string of the molecule is CCCCC/C=C\C/C=C\C/C=C\C/C=C\CCCC(=O)OCC(COC(=O)CCCCCCCCC/C=C\CCCCCCCCCC)OC(=O)CCCCCCCCC/C=C\CCCCCCCCCC. The number of ether oxygens (including phenoxy) is 3. The number of allylic oxidation sites excluding steroid dienone is 12. The van der Waals surface area contributed by atoms with E-state index in [1.54, 1.807) is 0 Å². The topological polar surface area (TPSA) is 78.9 Å². The van der Waals surface area contributed by atoms with Gasteiger partial charge < -0.3 is 14.2 Å². The number of carbonyl (C=O) groups is 3. The van der Waals surface area contributed by atoms with Crippen molar-refractivity contribution in [2.24, 2.45) is 0 Å². The number of carbonyl (C=O) groups excluding carboxylic acids is 3. The maximum absolute atomic E-state index is 12.9. The molecule has 1 atom stereocenters. The first-order chi connectivity index (χ1) is 36.0. The summed E-state index contributed by atoms with van der Waals surface area (Å²) in [5.74, 6) is -0.949. The van der Waals surface area contributed by atoms with Gasteiger partial charge in [-0.15, -0.1) is 0 Å². The van der Waals surface area contributed by atoms with Crippen LogP contribution >= 0.6 is 0 Å². The molecule has 0 fully saturated rings. The molecule has 0 spiro atoms. The Hall–Kier alpha value is -3.15. The molecule has 6 nitrogen and oxygen atoms in total. The Morgan fingerprint density at radius 3 is 0.863 bits per heavy atom. The van der Waals surface area contributed by atoms with E-state index in [-0.39, 0.29) is 37.5 Å². The lowest BCUT2D eigenvalue weighted by Crippen LogP contribution is -2.30. The van der Waals surface area contributed by atoms with Gasteiger partial charge >= 0.3 is 17.9 Å². The molecule has 0 aromatic carbocycles. The molecule has 6 heteroatoms. The first-order valence-corrected chi connectivity index (χ1v) is 31.4. The Kier molecular flexibility index (Phi) is 58.7. The fourth-order valence-corrected chi connectivity index (χ4v) is 8.90. The van der Waals surface area contributed by atoms with E-state index in [0.717, 1.165) is 64.2 Å². The van der Waals surface area contributed by atoms with Crippen LogP contribution < -0.4 is 0 Å². The van der Waals surface area contributed by atoms with E-state index in [4.69, 9.17) is 14.2 Å². The Morgan fingerprint density at radius 2 is 0.507 bits per heavy atom. The standard InChI is InChI=1S/C67H118O6/c1-4-7-10-13-16-19-22-25-28-31-33-36-39-42-45-48-51-54-57-60-66(69)72-63-64(62-71-65(68)59-56-53-50-47-44-41-38-35-30-27-24-21-18-15-12-9-6-3)73-67(70)61-58-55-52-49-46-43-40-37-34-32-29-26-23-20-17-14-11-8-5-2/h18,21,27,30-34,38,41,47,50,64H,4-17,19-20,22-26,28-29,35-37,39-40,42-46,48-49,51-63H2,1-3H3/b21-18-,30-27-,33-31-,34-32-,41-38-,50-47-. The Morgan fingerprint density at radius 1 is 0.274 bits per heavy atom. The lowest BCUT2D eigenvalue weighted by molar-refractivity contribution is -0.167. The molecule has 0 bridgehead atoms. The number of hydrogen-bond donors (Lipinski definition) is 0. The maximum atomic E-state index is 12.9. The summed E-state index contributed by atoms with van der Waals surface area (Å²) in [6.07, 6.45) is 79.0. The predicted molar refractivity (Wildman–Crippen MR) is 316 cm³/mol. The van der Waals surface area contributed by atoms with Crippen molar-refractivity contribution in [2.45, 2.75) is 322 Å². The van der Waals surface area contributed by atoms with Crippen LogP contribution in [0.2, 0.25) is 0 Å². The number of rotatable bonds is 57. The van der Waals surface area contributed by atoms with Gasteiger partial charge in [-0.05, 0) is 109 Å². The molecule has 0 aromatic rings. The average molecular weight is 1020 g/mol. The van der Waals surface area contributed by atoms with Crippen molar-refractivity contribution in [2.75, 3.05) is 13.2 Å². The van der Waals surface area contributed by atoms with Crippen LogP contribution in [-0.2, 0) is 28.6 Å². The quantitative estimate of drug-likeness (QED) is 0.0261. The summed E-state index contributed by atoms with van der Waals surface area (Å²) >= 11 is 0.